The van der Waals surface area contributed by atoms with Gasteiger partial charge in [-0.2, -0.15) is 18.2 Å². The van der Waals surface area contributed by atoms with Crippen molar-refractivity contribution in [2.24, 2.45) is 0 Å². The number of hydrogen-bond acceptors (Lipinski definition) is 4. The first-order chi connectivity index (χ1) is 9.38. The van der Waals surface area contributed by atoms with Crippen LogP contribution in [0.2, 0.25) is 5.15 Å². The third-order valence-corrected chi connectivity index (χ3v) is 3.32. The second-order valence-electron chi connectivity index (χ2n) is 4.61. The van der Waals surface area contributed by atoms with Gasteiger partial charge in [-0.05, 0) is 19.3 Å². The monoisotopic (exact) mass is 310 g/mol. The molecule has 1 aromatic rings. The minimum atomic E-state index is -4.65. The molecule has 8 heteroatoms. The summed E-state index contributed by atoms with van der Waals surface area (Å²) in [6.45, 7) is 0. The fraction of sp³-hybridized carbons (Fsp3) is 0.667. The zero-order chi connectivity index (χ0) is 14.8. The molecule has 0 aliphatic heterocycles. The normalized spacial score (nSPS) is 23.6. The van der Waals surface area contributed by atoms with E-state index in [1.165, 1.54) is 6.07 Å². The van der Waals surface area contributed by atoms with Crippen molar-refractivity contribution in [2.45, 2.75) is 44.1 Å². The lowest BCUT2D eigenvalue weighted by Gasteiger charge is -2.28. The molecule has 2 atom stereocenters. The van der Waals surface area contributed by atoms with E-state index in [9.17, 15) is 13.2 Å². The second-order valence-corrected chi connectivity index (χ2v) is 5.00. The molecule has 2 unspecified atom stereocenters. The van der Waals surface area contributed by atoms with Gasteiger partial charge in [-0.15, -0.1) is 0 Å². The van der Waals surface area contributed by atoms with Gasteiger partial charge in [0.1, 0.15) is 11.3 Å². The molecule has 4 nitrogen and oxygen atoms in total. The quantitative estimate of drug-likeness (QED) is 0.802. The van der Waals surface area contributed by atoms with Crippen LogP contribution in [0.3, 0.4) is 0 Å². The Kier molecular flexibility index (Phi) is 4.70. The van der Waals surface area contributed by atoms with Crippen molar-refractivity contribution in [1.29, 1.82) is 0 Å². The molecule has 0 saturated heterocycles. The molecule has 2 rings (SSSR count). The number of alkyl halides is 3. The van der Waals surface area contributed by atoms with Crippen molar-refractivity contribution in [1.82, 2.24) is 9.97 Å². The molecule has 1 fully saturated rings. The molecular formula is C12H14ClF3N2O2. The van der Waals surface area contributed by atoms with Gasteiger partial charge in [-0.25, -0.2) is 4.98 Å². The minimum absolute atomic E-state index is 0.0631. The zero-order valence-electron chi connectivity index (χ0n) is 10.8. The van der Waals surface area contributed by atoms with E-state index < -0.39 is 12.0 Å². The Hall–Kier alpha value is -1.08. The molecule has 20 heavy (non-hydrogen) atoms. The average molecular weight is 311 g/mol. The maximum atomic E-state index is 12.6. The highest BCUT2D eigenvalue weighted by molar-refractivity contribution is 6.29. The number of nitrogens with zero attached hydrogens (tertiary/aromatic N) is 2. The first kappa shape index (κ1) is 15.3. The summed E-state index contributed by atoms with van der Waals surface area (Å²) < 4.78 is 48.5. The molecule has 0 N–H and O–H groups in total. The number of methoxy groups -OCH3 is 1. The van der Waals surface area contributed by atoms with Crippen LogP contribution in [0, 0.1) is 0 Å². The zero-order valence-corrected chi connectivity index (χ0v) is 11.5. The van der Waals surface area contributed by atoms with Crippen LogP contribution in [0.1, 0.15) is 31.5 Å². The molecule has 0 aromatic carbocycles. The van der Waals surface area contributed by atoms with Crippen LogP contribution in [0.5, 0.6) is 5.88 Å². The molecule has 1 saturated carbocycles. The summed E-state index contributed by atoms with van der Waals surface area (Å²) in [6, 6.07) is 1.19. The average Bonchev–Trinajstić information content (AvgIpc) is 2.37. The van der Waals surface area contributed by atoms with Crippen molar-refractivity contribution >= 4 is 11.6 Å². The van der Waals surface area contributed by atoms with Crippen LogP contribution in [0.25, 0.3) is 0 Å². The van der Waals surface area contributed by atoms with E-state index in [0.717, 1.165) is 19.3 Å². The smallest absolute Gasteiger partial charge is 0.451 e. The van der Waals surface area contributed by atoms with Crippen LogP contribution in [0.4, 0.5) is 13.2 Å². The van der Waals surface area contributed by atoms with Gasteiger partial charge in [-0.3, -0.25) is 0 Å². The summed E-state index contributed by atoms with van der Waals surface area (Å²) in [4.78, 5) is 6.52. The van der Waals surface area contributed by atoms with E-state index in [1.54, 1.807) is 7.11 Å². The number of ether oxygens (including phenoxy) is 2. The molecule has 0 spiro atoms. The fourth-order valence-corrected chi connectivity index (χ4v) is 2.35. The van der Waals surface area contributed by atoms with Crippen LogP contribution in [0.15, 0.2) is 6.07 Å². The van der Waals surface area contributed by atoms with Gasteiger partial charge in [0, 0.05) is 19.6 Å². The lowest BCUT2D eigenvalue weighted by molar-refractivity contribution is -0.145. The van der Waals surface area contributed by atoms with Crippen LogP contribution in [-0.2, 0) is 10.9 Å². The summed E-state index contributed by atoms with van der Waals surface area (Å²) in [7, 11) is 1.61. The van der Waals surface area contributed by atoms with E-state index in [-0.39, 0.29) is 23.2 Å². The Morgan fingerprint density at radius 2 is 1.95 bits per heavy atom. The number of aromatic nitrogens is 2. The lowest BCUT2D eigenvalue weighted by Crippen LogP contribution is -2.30. The molecule has 0 amide bonds. The number of halogens is 4. The van der Waals surface area contributed by atoms with Gasteiger partial charge < -0.3 is 9.47 Å². The van der Waals surface area contributed by atoms with Gasteiger partial charge in [-0.1, -0.05) is 11.6 Å². The topological polar surface area (TPSA) is 44.2 Å². The first-order valence-electron chi connectivity index (χ1n) is 6.19. The third kappa shape index (κ3) is 3.96. The molecular weight excluding hydrogens is 297 g/mol. The van der Waals surface area contributed by atoms with Gasteiger partial charge in [0.25, 0.3) is 0 Å². The molecule has 1 aliphatic carbocycles. The Morgan fingerprint density at radius 3 is 2.60 bits per heavy atom. The van der Waals surface area contributed by atoms with Crippen molar-refractivity contribution in [3.05, 3.63) is 17.0 Å². The summed E-state index contributed by atoms with van der Waals surface area (Å²) in [5.74, 6) is -1.45. The van der Waals surface area contributed by atoms with E-state index in [4.69, 9.17) is 21.1 Å². The predicted octanol–water partition coefficient (Wildman–Crippen LogP) is 3.49. The summed E-state index contributed by atoms with van der Waals surface area (Å²) >= 11 is 5.57. The molecule has 1 heterocycles. The number of rotatable bonds is 3. The second kappa shape index (κ2) is 6.13. The van der Waals surface area contributed by atoms with Crippen molar-refractivity contribution in [3.63, 3.8) is 0 Å². The highest BCUT2D eigenvalue weighted by atomic mass is 35.5. The van der Waals surface area contributed by atoms with Crippen LogP contribution < -0.4 is 4.74 Å². The fourth-order valence-electron chi connectivity index (χ4n) is 2.18. The summed E-state index contributed by atoms with van der Waals surface area (Å²) in [5.41, 5.74) is 0. The summed E-state index contributed by atoms with van der Waals surface area (Å²) in [5, 5.41) is -0.290. The third-order valence-electron chi connectivity index (χ3n) is 3.12. The van der Waals surface area contributed by atoms with Crippen molar-refractivity contribution < 1.29 is 22.6 Å². The Bertz CT molecular complexity index is 471. The van der Waals surface area contributed by atoms with E-state index in [2.05, 4.69) is 9.97 Å². The van der Waals surface area contributed by atoms with E-state index >= 15 is 0 Å². The summed E-state index contributed by atoms with van der Waals surface area (Å²) in [6.07, 6.45) is -1.61. The Balaban J connectivity index is 2.11. The molecule has 1 aliphatic rings. The van der Waals surface area contributed by atoms with E-state index in [1.807, 2.05) is 0 Å². The van der Waals surface area contributed by atoms with Gasteiger partial charge >= 0.3 is 6.18 Å². The van der Waals surface area contributed by atoms with Crippen LogP contribution >= 0.6 is 11.6 Å². The molecule has 0 radical (unpaired) electrons. The largest absolute Gasteiger partial charge is 0.474 e. The first-order valence-corrected chi connectivity index (χ1v) is 6.57. The highest BCUT2D eigenvalue weighted by Gasteiger charge is 2.36. The predicted molar refractivity (Wildman–Crippen MR) is 65.7 cm³/mol. The van der Waals surface area contributed by atoms with Gasteiger partial charge in [0.15, 0.2) is 0 Å². The lowest BCUT2D eigenvalue weighted by atomic mass is 9.95. The van der Waals surface area contributed by atoms with Gasteiger partial charge in [0.05, 0.1) is 6.10 Å². The molecule has 112 valence electrons. The maximum Gasteiger partial charge on any atom is 0.451 e. The van der Waals surface area contributed by atoms with Crippen molar-refractivity contribution in [3.8, 4) is 5.88 Å². The molecule has 1 aromatic heterocycles. The molecule has 0 bridgehead atoms. The highest BCUT2D eigenvalue weighted by Crippen LogP contribution is 2.30. The van der Waals surface area contributed by atoms with Gasteiger partial charge in [0.2, 0.25) is 11.7 Å². The Labute approximate surface area is 119 Å². The number of hydrogen-bond donors (Lipinski definition) is 0. The van der Waals surface area contributed by atoms with E-state index in [0.29, 0.717) is 6.42 Å². The van der Waals surface area contributed by atoms with Crippen LogP contribution in [-0.4, -0.2) is 29.3 Å². The standard InChI is InChI=1S/C12H14ClF3N2O2/c1-19-7-3-2-4-8(5-7)20-10-6-9(13)17-11(18-10)12(14,15)16/h6-8H,2-5H2,1H3. The minimum Gasteiger partial charge on any atom is -0.474 e. The Morgan fingerprint density at radius 1 is 1.25 bits per heavy atom. The maximum absolute atomic E-state index is 12.6. The SMILES string of the molecule is COC1CCCC(Oc2cc(Cl)nc(C(F)(F)F)n2)C1. The van der Waals surface area contributed by atoms with Crippen molar-refractivity contribution in [2.75, 3.05) is 7.11 Å².